The molecule has 2 aromatic rings. The Morgan fingerprint density at radius 3 is 1.93 bits per heavy atom. The SMILES string of the molecule is CCC(C)[C@@H](C(CC(=O)N1CCC[C@H]1[C@H](OC)[C@@H](C)C(=O)C[C@@H](Cc1ccccc1)C(=O)O)OC)N(C)C(=O)[C@@H](CC(=O)[C@H](C(C)C)N(C)C(=O)OCc1ccc(NC(=O)[C@H](CCCNC(N)=O)CC(=O)[C@@H](NC(=O)OCC2[C@H]3CCC#CCC[C@@H]23)C(C)C)cc1)C(C)C. The van der Waals surface area contributed by atoms with E-state index < -0.39 is 90.1 Å². The lowest BCUT2D eigenvalue weighted by molar-refractivity contribution is -0.149. The Balaban J connectivity index is 1.18. The molecule has 520 valence electrons. The van der Waals surface area contributed by atoms with Crippen molar-refractivity contribution >= 4 is 64.9 Å². The van der Waals surface area contributed by atoms with Crippen LogP contribution in [0, 0.1) is 76.9 Å². The highest BCUT2D eigenvalue weighted by Gasteiger charge is 2.50. The number of methoxy groups -OCH3 is 2. The van der Waals surface area contributed by atoms with Crippen LogP contribution in [0.4, 0.5) is 20.1 Å². The number of likely N-dealkylation sites (N-methyl/N-ethyl adjacent to an activating group) is 2. The predicted molar refractivity (Wildman–Crippen MR) is 356 cm³/mol. The van der Waals surface area contributed by atoms with Gasteiger partial charge in [-0.3, -0.25) is 33.6 Å². The normalized spacial score (nSPS) is 19.9. The largest absolute Gasteiger partial charge is 0.481 e. The van der Waals surface area contributed by atoms with E-state index in [-0.39, 0.29) is 117 Å². The summed E-state index contributed by atoms with van der Waals surface area (Å²) >= 11 is 0. The van der Waals surface area contributed by atoms with E-state index in [1.165, 1.54) is 26.2 Å². The topological polar surface area (TPSA) is 300 Å². The van der Waals surface area contributed by atoms with Gasteiger partial charge >= 0.3 is 24.2 Å². The average molecular weight is 1310 g/mol. The number of nitrogens with two attached hydrogens (primary N) is 1. The monoisotopic (exact) mass is 1310 g/mol. The van der Waals surface area contributed by atoms with Crippen molar-refractivity contribution < 1.29 is 72.0 Å². The second-order valence-electron chi connectivity index (χ2n) is 27.2. The van der Waals surface area contributed by atoms with Crippen molar-refractivity contribution in [2.24, 2.45) is 70.8 Å². The lowest BCUT2D eigenvalue weighted by Gasteiger charge is -2.41. The zero-order valence-electron chi connectivity index (χ0n) is 57.8. The average Bonchev–Trinajstić information content (AvgIpc) is 1.60. The van der Waals surface area contributed by atoms with E-state index in [0.717, 1.165) is 31.2 Å². The molecule has 94 heavy (non-hydrogen) atoms. The van der Waals surface area contributed by atoms with E-state index in [0.29, 0.717) is 55.3 Å². The van der Waals surface area contributed by atoms with Gasteiger partial charge in [-0.1, -0.05) is 111 Å². The van der Waals surface area contributed by atoms with Crippen LogP contribution >= 0.6 is 0 Å². The van der Waals surface area contributed by atoms with Crippen LogP contribution < -0.4 is 21.7 Å². The van der Waals surface area contributed by atoms with Crippen LogP contribution in [0.25, 0.3) is 0 Å². The van der Waals surface area contributed by atoms with E-state index in [1.54, 1.807) is 61.9 Å². The number of benzene rings is 2. The summed E-state index contributed by atoms with van der Waals surface area (Å²) < 4.78 is 23.5. The highest BCUT2D eigenvalue weighted by atomic mass is 16.6. The first kappa shape index (κ1) is 77.3. The number of carboxylic acid groups (broad SMARTS) is 1. The van der Waals surface area contributed by atoms with Gasteiger partial charge < -0.3 is 60.4 Å². The second-order valence-corrected chi connectivity index (χ2v) is 27.2. The fourth-order valence-corrected chi connectivity index (χ4v) is 13.9. The first-order chi connectivity index (χ1) is 44.6. The number of ether oxygens (including phenoxy) is 4. The van der Waals surface area contributed by atoms with E-state index in [2.05, 4.69) is 27.8 Å². The summed E-state index contributed by atoms with van der Waals surface area (Å²) in [7, 11) is 6.15. The van der Waals surface area contributed by atoms with E-state index in [9.17, 15) is 53.1 Å². The number of carbonyl (C=O) groups excluding carboxylic acids is 9. The number of carboxylic acids is 1. The fourth-order valence-electron chi connectivity index (χ4n) is 13.9. The van der Waals surface area contributed by atoms with Crippen molar-refractivity contribution in [2.45, 2.75) is 195 Å². The van der Waals surface area contributed by atoms with Gasteiger partial charge in [0.25, 0.3) is 0 Å². The third kappa shape index (κ3) is 22.4. The van der Waals surface area contributed by atoms with Crippen molar-refractivity contribution in [1.82, 2.24) is 25.3 Å². The molecule has 3 aliphatic rings. The second kappa shape index (κ2) is 37.6. The predicted octanol–water partition coefficient (Wildman–Crippen LogP) is 9.49. The molecule has 0 bridgehead atoms. The van der Waals surface area contributed by atoms with Crippen LogP contribution in [-0.2, 0) is 65.5 Å². The number of ketones is 3. The number of hydrogen-bond acceptors (Lipinski definition) is 14. The van der Waals surface area contributed by atoms with Crippen LogP contribution in [0.5, 0.6) is 0 Å². The molecule has 22 heteroatoms. The van der Waals surface area contributed by atoms with E-state index in [4.69, 9.17) is 24.7 Å². The number of aliphatic carboxylic acids is 1. The summed E-state index contributed by atoms with van der Waals surface area (Å²) in [6.45, 7) is 17.3. The van der Waals surface area contributed by atoms with Crippen LogP contribution in [0.3, 0.4) is 0 Å². The quantitative estimate of drug-likeness (QED) is 0.0309. The lowest BCUT2D eigenvalue weighted by Crippen LogP contribution is -2.54. The molecule has 2 aromatic carbocycles. The maximum atomic E-state index is 14.9. The molecular formula is C72H107N7O15. The van der Waals surface area contributed by atoms with Gasteiger partial charge in [-0.2, -0.15) is 0 Å². The van der Waals surface area contributed by atoms with Gasteiger partial charge in [-0.05, 0) is 110 Å². The number of anilines is 1. The molecular weight excluding hydrogens is 1200 g/mol. The number of amides is 7. The van der Waals surface area contributed by atoms with Gasteiger partial charge in [-0.15, -0.1) is 11.8 Å². The van der Waals surface area contributed by atoms with Crippen molar-refractivity contribution in [3.05, 3.63) is 65.7 Å². The Labute approximate surface area is 556 Å². The molecule has 5 rings (SSSR count). The molecule has 1 heterocycles. The summed E-state index contributed by atoms with van der Waals surface area (Å²) in [6.07, 6.45) is 2.64. The first-order valence-electron chi connectivity index (χ1n) is 33.8. The minimum atomic E-state index is -1.06. The Morgan fingerprint density at radius 2 is 1.36 bits per heavy atom. The lowest BCUT2D eigenvalue weighted by atomic mass is 9.83. The number of fused-ring (bicyclic) bond motifs is 1. The van der Waals surface area contributed by atoms with Gasteiger partial charge in [-0.25, -0.2) is 14.4 Å². The number of carbonyl (C=O) groups is 10. The number of hydrogen-bond donors (Lipinski definition) is 5. The summed E-state index contributed by atoms with van der Waals surface area (Å²) in [5, 5.41) is 18.2. The molecule has 2 aliphatic carbocycles. The number of urea groups is 1. The Bertz CT molecular complexity index is 2910. The first-order valence-corrected chi connectivity index (χ1v) is 33.8. The van der Waals surface area contributed by atoms with E-state index in [1.807, 2.05) is 71.9 Å². The summed E-state index contributed by atoms with van der Waals surface area (Å²) in [5.41, 5.74) is 7.06. The number of nitrogens with zero attached hydrogens (tertiary/aromatic N) is 3. The molecule has 14 atom stereocenters. The number of Topliss-reactive ketones (excluding diaryl/α,β-unsaturated/α-hetero) is 3. The van der Waals surface area contributed by atoms with Crippen molar-refractivity contribution in [3.63, 3.8) is 0 Å². The zero-order valence-corrected chi connectivity index (χ0v) is 57.8. The third-order valence-corrected chi connectivity index (χ3v) is 19.6. The van der Waals surface area contributed by atoms with Gasteiger partial charge in [0.15, 0.2) is 11.6 Å². The Morgan fingerprint density at radius 1 is 0.723 bits per heavy atom. The Kier molecular flexibility index (Phi) is 31.0. The maximum Gasteiger partial charge on any atom is 0.410 e. The van der Waals surface area contributed by atoms with Crippen molar-refractivity contribution in [1.29, 1.82) is 0 Å². The standard InChI is InChI=1S/C72H107N7O15/c1-14-46(8)65(61(91-12)40-62(83)79-35-23-29-57(79)66(92-13)47(9)58(80)38-51(69(86)87)36-48-24-18-17-19-25-48)77(10)68(85)55(43(2)3)39-60(82)64(45(6)7)78(11)72(90)94-41-49-30-32-52(33-31-49)75-67(84)50(26-22-34-74-70(73)88)37-59(81)63(44(4)5)76-71(89)93-42-56-53-27-20-15-16-21-28-54(53)56/h17-19,24-25,30-33,43-47,50-51,53-57,61,63-66H,14,20-23,26-29,34-42H2,1-13H3,(H,75,84)(H,76,89)(H,86,87)(H3,73,74,88)/t46?,47-,50+,51+,53-,54+,55-,56?,57-,61?,63-,64-,65-,66+/m0/s1. The van der Waals surface area contributed by atoms with Crippen LogP contribution in [0.2, 0.25) is 0 Å². The third-order valence-electron chi connectivity index (χ3n) is 19.6. The molecule has 0 radical (unpaired) electrons. The van der Waals surface area contributed by atoms with Crippen LogP contribution in [0.1, 0.15) is 157 Å². The smallest absolute Gasteiger partial charge is 0.410 e. The summed E-state index contributed by atoms with van der Waals surface area (Å²) in [6, 6.07) is 12.1. The minimum absolute atomic E-state index is 0.0903. The number of nitrogens with one attached hydrogen (secondary N) is 3. The summed E-state index contributed by atoms with van der Waals surface area (Å²) in [4.78, 5) is 141. The number of likely N-dealkylation sites (tertiary alicyclic amines) is 1. The van der Waals surface area contributed by atoms with Crippen molar-refractivity contribution in [2.75, 3.05) is 53.3 Å². The van der Waals surface area contributed by atoms with Gasteiger partial charge in [0.05, 0.1) is 55.3 Å². The summed E-state index contributed by atoms with van der Waals surface area (Å²) in [5.74, 6) is 0.103. The molecule has 6 N–H and O–H groups in total. The van der Waals surface area contributed by atoms with Crippen LogP contribution in [0.15, 0.2) is 54.6 Å². The molecule has 2 fully saturated rings. The molecule has 22 nitrogen and oxygen atoms in total. The van der Waals surface area contributed by atoms with Gasteiger partial charge in [0.2, 0.25) is 17.7 Å². The maximum absolute atomic E-state index is 14.9. The number of alkyl carbamates (subject to hydrolysis) is 1. The zero-order chi connectivity index (χ0) is 69.5. The minimum Gasteiger partial charge on any atom is -0.481 e. The molecule has 3 unspecified atom stereocenters. The van der Waals surface area contributed by atoms with Crippen LogP contribution in [-0.4, -0.2) is 163 Å². The van der Waals surface area contributed by atoms with Gasteiger partial charge in [0, 0.05) is 96.9 Å². The number of primary amides is 1. The highest BCUT2D eigenvalue weighted by Crippen LogP contribution is 2.52. The van der Waals surface area contributed by atoms with Gasteiger partial charge in [0.1, 0.15) is 12.4 Å². The molecule has 1 saturated heterocycles. The molecule has 0 spiro atoms. The van der Waals surface area contributed by atoms with Crippen molar-refractivity contribution in [3.8, 4) is 11.8 Å². The number of rotatable bonds is 38. The molecule has 0 aromatic heterocycles. The highest BCUT2D eigenvalue weighted by molar-refractivity contribution is 5.97. The van der Waals surface area contributed by atoms with E-state index >= 15 is 0 Å². The fraction of sp³-hybridized carbons (Fsp3) is 0.667. The molecule has 1 saturated carbocycles. The molecule has 7 amide bonds. The Hall–Kier alpha value is -7.38. The molecule has 1 aliphatic heterocycles.